The molecule has 0 aliphatic rings. The predicted molar refractivity (Wildman–Crippen MR) is 60.4 cm³/mol. The summed E-state index contributed by atoms with van der Waals surface area (Å²) in [5.74, 6) is 1.31. The van der Waals surface area contributed by atoms with Crippen molar-refractivity contribution in [2.24, 2.45) is 0 Å². The molecule has 2 heterocycles. The average molecular weight is 222 g/mol. The van der Waals surface area contributed by atoms with Crippen LogP contribution in [0.4, 0.5) is 0 Å². The molecule has 0 radical (unpaired) electrons. The Morgan fingerprint density at radius 2 is 2.13 bits per heavy atom. The molecule has 0 saturated heterocycles. The molecule has 2 aromatic heterocycles. The molecule has 0 spiro atoms. The number of alkyl halides is 1. The highest BCUT2D eigenvalue weighted by Crippen LogP contribution is 2.12. The number of nitrogens with zero attached hydrogens (tertiary/aromatic N) is 3. The van der Waals surface area contributed by atoms with Crippen LogP contribution in [0, 0.1) is 13.8 Å². The minimum atomic E-state index is 0.484. The van der Waals surface area contributed by atoms with Crippen molar-refractivity contribution < 1.29 is 0 Å². The van der Waals surface area contributed by atoms with Crippen LogP contribution in [0.15, 0.2) is 24.4 Å². The third kappa shape index (κ3) is 2.02. The predicted octanol–water partition coefficient (Wildman–Crippen LogP) is 2.62. The molecule has 0 aromatic carbocycles. The van der Waals surface area contributed by atoms with Gasteiger partial charge >= 0.3 is 0 Å². The quantitative estimate of drug-likeness (QED) is 0.730. The molecule has 0 aliphatic heterocycles. The summed E-state index contributed by atoms with van der Waals surface area (Å²) in [7, 11) is 0. The first-order valence-corrected chi connectivity index (χ1v) is 5.29. The van der Waals surface area contributed by atoms with Gasteiger partial charge in [0, 0.05) is 17.5 Å². The Labute approximate surface area is 93.7 Å². The lowest BCUT2D eigenvalue weighted by atomic mass is 10.3. The lowest BCUT2D eigenvalue weighted by Crippen LogP contribution is -1.98. The van der Waals surface area contributed by atoms with Crippen molar-refractivity contribution in [3.05, 3.63) is 41.3 Å². The molecule has 0 N–H and O–H groups in total. The fourth-order valence-corrected chi connectivity index (χ4v) is 1.66. The summed E-state index contributed by atoms with van der Waals surface area (Å²) in [5.41, 5.74) is 2.97. The third-order valence-electron chi connectivity index (χ3n) is 2.25. The van der Waals surface area contributed by atoms with Crippen molar-refractivity contribution in [1.82, 2.24) is 14.8 Å². The molecule has 0 bridgehead atoms. The van der Waals surface area contributed by atoms with Gasteiger partial charge in [0.05, 0.1) is 11.6 Å². The van der Waals surface area contributed by atoms with Crippen LogP contribution in [-0.2, 0) is 5.88 Å². The number of hydrogen-bond acceptors (Lipinski definition) is 2. The van der Waals surface area contributed by atoms with Gasteiger partial charge in [-0.15, -0.1) is 11.6 Å². The topological polar surface area (TPSA) is 30.7 Å². The van der Waals surface area contributed by atoms with Gasteiger partial charge in [-0.1, -0.05) is 6.07 Å². The van der Waals surface area contributed by atoms with E-state index in [0.29, 0.717) is 5.88 Å². The van der Waals surface area contributed by atoms with Crippen molar-refractivity contribution in [3.8, 4) is 5.82 Å². The summed E-state index contributed by atoms with van der Waals surface area (Å²) in [6.07, 6.45) is 1.92. The van der Waals surface area contributed by atoms with Crippen molar-refractivity contribution in [2.75, 3.05) is 0 Å². The molecular formula is C11H12ClN3. The van der Waals surface area contributed by atoms with Gasteiger partial charge in [0.1, 0.15) is 0 Å². The van der Waals surface area contributed by atoms with Crippen molar-refractivity contribution in [2.45, 2.75) is 19.7 Å². The molecule has 0 aliphatic carbocycles. The lowest BCUT2D eigenvalue weighted by molar-refractivity contribution is 0.827. The monoisotopic (exact) mass is 221 g/mol. The normalized spacial score (nSPS) is 10.6. The smallest absolute Gasteiger partial charge is 0.153 e. The van der Waals surface area contributed by atoms with Crippen LogP contribution in [0.25, 0.3) is 5.82 Å². The Bertz CT molecular complexity index is 476. The van der Waals surface area contributed by atoms with Crippen LogP contribution < -0.4 is 0 Å². The van der Waals surface area contributed by atoms with E-state index in [1.165, 1.54) is 0 Å². The zero-order valence-corrected chi connectivity index (χ0v) is 9.49. The molecule has 78 valence electrons. The molecule has 0 saturated carbocycles. The molecular weight excluding hydrogens is 210 g/mol. The van der Waals surface area contributed by atoms with E-state index in [1.54, 1.807) is 4.68 Å². The second-order valence-corrected chi connectivity index (χ2v) is 3.72. The van der Waals surface area contributed by atoms with Gasteiger partial charge in [-0.05, 0) is 26.0 Å². The molecule has 2 rings (SSSR count). The standard InChI is InChI=1S/C11H12ClN3/c1-8-4-3-5-11(13-8)15-7-10(6-12)9(2)14-15/h3-5,7H,6H2,1-2H3. The number of aryl methyl sites for hydroxylation is 2. The van der Waals surface area contributed by atoms with Gasteiger partial charge in [0.2, 0.25) is 0 Å². The Hall–Kier alpha value is -1.35. The number of hydrogen-bond donors (Lipinski definition) is 0. The fraction of sp³-hybridized carbons (Fsp3) is 0.273. The minimum Gasteiger partial charge on any atom is -0.234 e. The molecule has 3 nitrogen and oxygen atoms in total. The van der Waals surface area contributed by atoms with Gasteiger partial charge in [0.15, 0.2) is 5.82 Å². The number of halogens is 1. The molecule has 15 heavy (non-hydrogen) atoms. The van der Waals surface area contributed by atoms with Gasteiger partial charge in [-0.2, -0.15) is 5.10 Å². The lowest BCUT2D eigenvalue weighted by Gasteiger charge is -2.00. The summed E-state index contributed by atoms with van der Waals surface area (Å²) in [6.45, 7) is 3.91. The number of pyridine rings is 1. The maximum Gasteiger partial charge on any atom is 0.153 e. The average Bonchev–Trinajstić information content (AvgIpc) is 2.60. The fourth-order valence-electron chi connectivity index (χ4n) is 1.40. The summed E-state index contributed by atoms with van der Waals surface area (Å²) < 4.78 is 1.76. The summed E-state index contributed by atoms with van der Waals surface area (Å²) in [6, 6.07) is 5.86. The molecule has 0 unspecified atom stereocenters. The van der Waals surface area contributed by atoms with Gasteiger partial charge in [0.25, 0.3) is 0 Å². The van der Waals surface area contributed by atoms with Gasteiger partial charge in [-0.3, -0.25) is 0 Å². The van der Waals surface area contributed by atoms with E-state index in [1.807, 2.05) is 38.2 Å². The molecule has 0 atom stereocenters. The van der Waals surface area contributed by atoms with Crippen LogP contribution in [0.3, 0.4) is 0 Å². The minimum absolute atomic E-state index is 0.484. The molecule has 2 aromatic rings. The maximum atomic E-state index is 5.79. The van der Waals surface area contributed by atoms with E-state index in [9.17, 15) is 0 Å². The van der Waals surface area contributed by atoms with E-state index < -0.39 is 0 Å². The summed E-state index contributed by atoms with van der Waals surface area (Å²) in [5, 5.41) is 4.36. The summed E-state index contributed by atoms with van der Waals surface area (Å²) in [4.78, 5) is 4.39. The zero-order valence-electron chi connectivity index (χ0n) is 8.74. The van der Waals surface area contributed by atoms with Crippen LogP contribution in [-0.4, -0.2) is 14.8 Å². The highest BCUT2D eigenvalue weighted by Gasteiger charge is 2.05. The van der Waals surface area contributed by atoms with Gasteiger partial charge in [-0.25, -0.2) is 9.67 Å². The van der Waals surface area contributed by atoms with E-state index in [0.717, 1.165) is 22.8 Å². The van der Waals surface area contributed by atoms with Crippen LogP contribution in [0.5, 0.6) is 0 Å². The Morgan fingerprint density at radius 3 is 2.73 bits per heavy atom. The van der Waals surface area contributed by atoms with Crippen molar-refractivity contribution >= 4 is 11.6 Å². The molecule has 4 heteroatoms. The highest BCUT2D eigenvalue weighted by molar-refractivity contribution is 6.17. The summed E-state index contributed by atoms with van der Waals surface area (Å²) >= 11 is 5.79. The molecule has 0 amide bonds. The second-order valence-electron chi connectivity index (χ2n) is 3.46. The Morgan fingerprint density at radius 1 is 1.33 bits per heavy atom. The van der Waals surface area contributed by atoms with Crippen LogP contribution >= 0.6 is 11.6 Å². The number of aromatic nitrogens is 3. The van der Waals surface area contributed by atoms with Crippen molar-refractivity contribution in [3.63, 3.8) is 0 Å². The van der Waals surface area contributed by atoms with E-state index in [-0.39, 0.29) is 0 Å². The van der Waals surface area contributed by atoms with Crippen LogP contribution in [0.1, 0.15) is 17.0 Å². The highest BCUT2D eigenvalue weighted by atomic mass is 35.5. The van der Waals surface area contributed by atoms with E-state index in [4.69, 9.17) is 11.6 Å². The van der Waals surface area contributed by atoms with Crippen molar-refractivity contribution in [1.29, 1.82) is 0 Å². The SMILES string of the molecule is Cc1cccc(-n2cc(CCl)c(C)n2)n1. The third-order valence-corrected chi connectivity index (χ3v) is 2.54. The zero-order chi connectivity index (χ0) is 10.8. The van der Waals surface area contributed by atoms with Gasteiger partial charge < -0.3 is 0 Å². The first-order chi connectivity index (χ1) is 7.20. The number of rotatable bonds is 2. The maximum absolute atomic E-state index is 5.79. The van der Waals surface area contributed by atoms with Crippen LogP contribution in [0.2, 0.25) is 0 Å². The Kier molecular flexibility index (Phi) is 2.73. The van der Waals surface area contributed by atoms with E-state index >= 15 is 0 Å². The Balaban J connectivity index is 2.45. The van der Waals surface area contributed by atoms with E-state index in [2.05, 4.69) is 10.1 Å². The first-order valence-electron chi connectivity index (χ1n) is 4.76. The second kappa shape index (κ2) is 4.03. The first kappa shape index (κ1) is 10.2. The largest absolute Gasteiger partial charge is 0.234 e. The molecule has 0 fully saturated rings.